The van der Waals surface area contributed by atoms with Gasteiger partial charge in [-0.2, -0.15) is 0 Å². The van der Waals surface area contributed by atoms with Gasteiger partial charge in [0.05, 0.1) is 16.5 Å². The van der Waals surface area contributed by atoms with E-state index in [1.807, 2.05) is 6.92 Å². The summed E-state index contributed by atoms with van der Waals surface area (Å²) in [5.74, 6) is 0.0362. The van der Waals surface area contributed by atoms with Crippen molar-refractivity contribution in [3.05, 3.63) is 27.7 Å². The Morgan fingerprint density at radius 3 is 2.71 bits per heavy atom. The summed E-state index contributed by atoms with van der Waals surface area (Å²) in [6, 6.07) is 4.92. The molecular formula is C10H14BrClN2O2S. The van der Waals surface area contributed by atoms with E-state index < -0.39 is 10.0 Å². The number of benzene rings is 1. The van der Waals surface area contributed by atoms with Gasteiger partial charge in [-0.1, -0.05) is 18.5 Å². The highest BCUT2D eigenvalue weighted by molar-refractivity contribution is 9.10. The molecule has 0 amide bonds. The van der Waals surface area contributed by atoms with Crippen molar-refractivity contribution in [1.29, 1.82) is 0 Å². The summed E-state index contributed by atoms with van der Waals surface area (Å²) < 4.78 is 26.5. The van der Waals surface area contributed by atoms with Gasteiger partial charge >= 0.3 is 0 Å². The largest absolute Gasteiger partial charge is 0.316 e. The molecule has 0 bridgehead atoms. The van der Waals surface area contributed by atoms with E-state index in [4.69, 9.17) is 11.6 Å². The third kappa shape index (κ3) is 5.25. The lowest BCUT2D eigenvalue weighted by atomic mass is 10.3. The summed E-state index contributed by atoms with van der Waals surface area (Å²) in [7, 11) is -3.32. The molecule has 0 heterocycles. The Balaban J connectivity index is 2.66. The minimum Gasteiger partial charge on any atom is -0.316 e. The molecule has 7 heteroatoms. The standard InChI is InChI=1S/C10H14BrClN2O2S/c1-2-13-5-6-17(15,16)14-8-3-4-9(11)10(12)7-8/h3-4,7,13-14H,2,5-6H2,1H3. The molecule has 0 radical (unpaired) electrons. The molecule has 1 rings (SSSR count). The van der Waals surface area contributed by atoms with Crippen LogP contribution in [0.1, 0.15) is 6.92 Å². The summed E-state index contributed by atoms with van der Waals surface area (Å²) in [6.45, 7) is 3.10. The second-order valence-electron chi connectivity index (χ2n) is 3.40. The zero-order valence-electron chi connectivity index (χ0n) is 9.33. The maximum atomic E-state index is 11.7. The molecule has 0 spiro atoms. The van der Waals surface area contributed by atoms with E-state index in [2.05, 4.69) is 26.0 Å². The normalized spacial score (nSPS) is 11.5. The molecule has 1 aromatic carbocycles. The second-order valence-corrected chi connectivity index (χ2v) is 6.51. The quantitative estimate of drug-likeness (QED) is 0.781. The Morgan fingerprint density at radius 2 is 2.12 bits per heavy atom. The fourth-order valence-electron chi connectivity index (χ4n) is 1.17. The van der Waals surface area contributed by atoms with Crippen LogP contribution in [0.5, 0.6) is 0 Å². The maximum Gasteiger partial charge on any atom is 0.233 e. The molecule has 0 aromatic heterocycles. The number of anilines is 1. The van der Waals surface area contributed by atoms with Crippen molar-refractivity contribution in [3.8, 4) is 0 Å². The average molecular weight is 342 g/mol. The van der Waals surface area contributed by atoms with E-state index in [0.717, 1.165) is 11.0 Å². The predicted octanol–water partition coefficient (Wildman–Crippen LogP) is 2.45. The molecule has 0 aliphatic carbocycles. The molecule has 0 unspecified atom stereocenters. The third-order valence-corrected chi connectivity index (χ3v) is 4.51. The second kappa shape index (κ2) is 6.58. The lowest BCUT2D eigenvalue weighted by molar-refractivity contribution is 0.597. The molecule has 0 saturated heterocycles. The minimum atomic E-state index is -3.32. The first-order valence-corrected chi connectivity index (χ1v) is 7.93. The van der Waals surface area contributed by atoms with Gasteiger partial charge in [-0.3, -0.25) is 4.72 Å². The number of sulfonamides is 1. The Kier molecular flexibility index (Phi) is 5.72. The maximum absolute atomic E-state index is 11.7. The summed E-state index contributed by atoms with van der Waals surface area (Å²) >= 11 is 9.12. The number of halogens is 2. The first kappa shape index (κ1) is 14.8. The Morgan fingerprint density at radius 1 is 1.41 bits per heavy atom. The van der Waals surface area contributed by atoms with E-state index in [0.29, 0.717) is 17.3 Å². The fourth-order valence-corrected chi connectivity index (χ4v) is 2.60. The zero-order valence-corrected chi connectivity index (χ0v) is 12.5. The van der Waals surface area contributed by atoms with E-state index in [1.165, 1.54) is 0 Å². The molecule has 0 saturated carbocycles. The summed E-state index contributed by atoms with van der Waals surface area (Å²) in [4.78, 5) is 0. The SMILES string of the molecule is CCNCCS(=O)(=O)Nc1ccc(Br)c(Cl)c1. The lowest BCUT2D eigenvalue weighted by Crippen LogP contribution is -2.26. The van der Waals surface area contributed by atoms with Crippen LogP contribution in [0.2, 0.25) is 5.02 Å². The topological polar surface area (TPSA) is 58.2 Å². The minimum absolute atomic E-state index is 0.0362. The highest BCUT2D eigenvalue weighted by Gasteiger charge is 2.10. The number of nitrogens with one attached hydrogen (secondary N) is 2. The fraction of sp³-hybridized carbons (Fsp3) is 0.400. The van der Waals surface area contributed by atoms with Gasteiger partial charge < -0.3 is 5.32 Å². The van der Waals surface area contributed by atoms with Crippen LogP contribution >= 0.6 is 27.5 Å². The molecule has 4 nitrogen and oxygen atoms in total. The summed E-state index contributed by atoms with van der Waals surface area (Å²) in [5.41, 5.74) is 0.467. The van der Waals surface area contributed by atoms with Crippen LogP contribution in [0.15, 0.2) is 22.7 Å². The van der Waals surface area contributed by atoms with Gasteiger partial charge in [-0.25, -0.2) is 8.42 Å². The molecule has 2 N–H and O–H groups in total. The van der Waals surface area contributed by atoms with Crippen molar-refractivity contribution < 1.29 is 8.42 Å². The molecule has 96 valence electrons. The molecular weight excluding hydrogens is 328 g/mol. The highest BCUT2D eigenvalue weighted by Crippen LogP contribution is 2.25. The van der Waals surface area contributed by atoms with Gasteiger partial charge in [-0.15, -0.1) is 0 Å². The average Bonchev–Trinajstić information content (AvgIpc) is 2.23. The van der Waals surface area contributed by atoms with Crippen molar-refractivity contribution in [2.75, 3.05) is 23.6 Å². The smallest absolute Gasteiger partial charge is 0.233 e. The van der Waals surface area contributed by atoms with Gasteiger partial charge in [0.25, 0.3) is 0 Å². The van der Waals surface area contributed by atoms with Crippen LogP contribution in [-0.2, 0) is 10.0 Å². The van der Waals surface area contributed by atoms with Crippen LogP contribution in [0, 0.1) is 0 Å². The van der Waals surface area contributed by atoms with Gasteiger partial charge in [0.15, 0.2) is 0 Å². The van der Waals surface area contributed by atoms with Crippen LogP contribution in [0.25, 0.3) is 0 Å². The van der Waals surface area contributed by atoms with E-state index in [1.54, 1.807) is 18.2 Å². The first-order chi connectivity index (χ1) is 7.94. The van der Waals surface area contributed by atoms with E-state index >= 15 is 0 Å². The molecule has 17 heavy (non-hydrogen) atoms. The van der Waals surface area contributed by atoms with Crippen molar-refractivity contribution in [3.63, 3.8) is 0 Å². The number of hydrogen-bond acceptors (Lipinski definition) is 3. The van der Waals surface area contributed by atoms with Crippen LogP contribution < -0.4 is 10.0 Å². The predicted molar refractivity (Wildman–Crippen MR) is 75.1 cm³/mol. The molecule has 0 atom stereocenters. The molecule has 0 aliphatic heterocycles. The van der Waals surface area contributed by atoms with Crippen LogP contribution in [0.3, 0.4) is 0 Å². The lowest BCUT2D eigenvalue weighted by Gasteiger charge is -2.09. The van der Waals surface area contributed by atoms with E-state index in [9.17, 15) is 8.42 Å². The van der Waals surface area contributed by atoms with Gasteiger partial charge in [-0.05, 0) is 40.7 Å². The van der Waals surface area contributed by atoms with Crippen LogP contribution in [-0.4, -0.2) is 27.3 Å². The zero-order chi connectivity index (χ0) is 12.9. The van der Waals surface area contributed by atoms with Crippen molar-refractivity contribution in [2.24, 2.45) is 0 Å². The Hall–Kier alpha value is -0.300. The molecule has 0 aliphatic rings. The monoisotopic (exact) mass is 340 g/mol. The summed E-state index contributed by atoms with van der Waals surface area (Å²) in [6.07, 6.45) is 0. The molecule has 1 aromatic rings. The Bertz CT molecular complexity index is 479. The van der Waals surface area contributed by atoms with Gasteiger partial charge in [0.2, 0.25) is 10.0 Å². The number of rotatable bonds is 6. The summed E-state index contributed by atoms with van der Waals surface area (Å²) in [5, 5.41) is 3.43. The number of hydrogen-bond donors (Lipinski definition) is 2. The van der Waals surface area contributed by atoms with Crippen LogP contribution in [0.4, 0.5) is 5.69 Å². The van der Waals surface area contributed by atoms with Crippen molar-refractivity contribution in [1.82, 2.24) is 5.32 Å². The van der Waals surface area contributed by atoms with E-state index in [-0.39, 0.29) is 5.75 Å². The first-order valence-electron chi connectivity index (χ1n) is 5.11. The third-order valence-electron chi connectivity index (χ3n) is 1.99. The Labute approximate surface area is 115 Å². The van der Waals surface area contributed by atoms with Crippen molar-refractivity contribution in [2.45, 2.75) is 6.92 Å². The van der Waals surface area contributed by atoms with Gasteiger partial charge in [0.1, 0.15) is 0 Å². The highest BCUT2D eigenvalue weighted by atomic mass is 79.9. The molecule has 0 fully saturated rings. The van der Waals surface area contributed by atoms with Crippen molar-refractivity contribution >= 4 is 43.2 Å². The van der Waals surface area contributed by atoms with Gasteiger partial charge in [0, 0.05) is 11.0 Å².